The number of nitrogens with one attached hydrogen (secondary N) is 2. The van der Waals surface area contributed by atoms with Gasteiger partial charge in [0.15, 0.2) is 0 Å². The molecular formula is C13H16N2O2S. The largest absolute Gasteiger partial charge is 0.508 e. The van der Waals surface area contributed by atoms with Crippen LogP contribution in [-0.2, 0) is 6.54 Å². The Hall–Kier alpha value is -1.59. The predicted octanol–water partition coefficient (Wildman–Crippen LogP) is 2.30. The lowest BCUT2D eigenvalue weighted by atomic mass is 10.0. The molecule has 0 radical (unpaired) electrons. The van der Waals surface area contributed by atoms with E-state index in [1.165, 1.54) is 0 Å². The smallest absolute Gasteiger partial charge is 0.304 e. The highest BCUT2D eigenvalue weighted by molar-refractivity contribution is 7.07. The zero-order chi connectivity index (χ0) is 13.1. The molecule has 1 aromatic heterocycles. The van der Waals surface area contributed by atoms with Gasteiger partial charge in [-0.05, 0) is 19.9 Å². The molecule has 96 valence electrons. The van der Waals surface area contributed by atoms with Crippen LogP contribution in [0, 0.1) is 6.92 Å². The second-order valence-corrected chi connectivity index (χ2v) is 5.18. The van der Waals surface area contributed by atoms with Crippen LogP contribution in [0.2, 0.25) is 0 Å². The summed E-state index contributed by atoms with van der Waals surface area (Å²) in [4.78, 5) is 13.7. The summed E-state index contributed by atoms with van der Waals surface area (Å²) in [5.41, 5.74) is 2.84. The van der Waals surface area contributed by atoms with Crippen LogP contribution < -0.4 is 10.2 Å². The molecular weight excluding hydrogens is 248 g/mol. The molecule has 0 saturated heterocycles. The Morgan fingerprint density at radius 1 is 1.50 bits per heavy atom. The fourth-order valence-electron chi connectivity index (χ4n) is 1.79. The number of hydrogen-bond donors (Lipinski definition) is 3. The van der Waals surface area contributed by atoms with Crippen molar-refractivity contribution in [1.82, 2.24) is 10.3 Å². The van der Waals surface area contributed by atoms with Gasteiger partial charge in [0.25, 0.3) is 0 Å². The van der Waals surface area contributed by atoms with E-state index < -0.39 is 0 Å². The van der Waals surface area contributed by atoms with Gasteiger partial charge in [0.2, 0.25) is 0 Å². The number of aromatic amines is 1. The highest BCUT2D eigenvalue weighted by Gasteiger charge is 2.10. The summed E-state index contributed by atoms with van der Waals surface area (Å²) in [6.45, 7) is 4.55. The number of H-pyrrole nitrogens is 1. The average molecular weight is 264 g/mol. The van der Waals surface area contributed by atoms with Crippen LogP contribution in [0.1, 0.15) is 29.8 Å². The first-order valence-corrected chi connectivity index (χ1v) is 6.64. The molecule has 2 aromatic rings. The van der Waals surface area contributed by atoms with Crippen LogP contribution in [0.4, 0.5) is 0 Å². The van der Waals surface area contributed by atoms with Crippen molar-refractivity contribution in [2.75, 3.05) is 0 Å². The quantitative estimate of drug-likeness (QED) is 0.794. The van der Waals surface area contributed by atoms with Crippen LogP contribution in [0.25, 0.3) is 0 Å². The molecule has 0 fully saturated rings. The molecule has 1 unspecified atom stereocenters. The number of thiazole rings is 1. The number of aromatic nitrogens is 1. The number of rotatable bonds is 4. The highest BCUT2D eigenvalue weighted by atomic mass is 32.1. The normalized spacial score (nSPS) is 12.6. The second-order valence-electron chi connectivity index (χ2n) is 4.34. The molecule has 0 aliphatic heterocycles. The van der Waals surface area contributed by atoms with E-state index in [1.54, 1.807) is 11.4 Å². The van der Waals surface area contributed by atoms with Crippen molar-refractivity contribution >= 4 is 11.3 Å². The van der Waals surface area contributed by atoms with Crippen molar-refractivity contribution in [3.8, 4) is 5.75 Å². The van der Waals surface area contributed by atoms with Gasteiger partial charge in [-0.25, -0.2) is 0 Å². The van der Waals surface area contributed by atoms with E-state index in [4.69, 9.17) is 0 Å². The monoisotopic (exact) mass is 264 g/mol. The van der Waals surface area contributed by atoms with Crippen LogP contribution in [0.5, 0.6) is 5.75 Å². The molecule has 18 heavy (non-hydrogen) atoms. The maximum absolute atomic E-state index is 11.0. The summed E-state index contributed by atoms with van der Waals surface area (Å²) in [6, 6.07) is 5.56. The molecule has 3 N–H and O–H groups in total. The summed E-state index contributed by atoms with van der Waals surface area (Å²) >= 11 is 1.16. The van der Waals surface area contributed by atoms with Crippen molar-refractivity contribution in [2.24, 2.45) is 0 Å². The maximum atomic E-state index is 11.0. The third-order valence-electron chi connectivity index (χ3n) is 2.82. The Morgan fingerprint density at radius 3 is 2.94 bits per heavy atom. The van der Waals surface area contributed by atoms with Gasteiger partial charge >= 0.3 is 4.87 Å². The lowest BCUT2D eigenvalue weighted by Gasteiger charge is -2.15. The lowest BCUT2D eigenvalue weighted by molar-refractivity contribution is 0.451. The van der Waals surface area contributed by atoms with Crippen LogP contribution in [0.15, 0.2) is 28.4 Å². The fourth-order valence-corrected chi connectivity index (χ4v) is 2.38. The fraction of sp³-hybridized carbons (Fsp3) is 0.308. The van der Waals surface area contributed by atoms with Gasteiger partial charge < -0.3 is 15.4 Å². The van der Waals surface area contributed by atoms with E-state index in [-0.39, 0.29) is 10.9 Å². The van der Waals surface area contributed by atoms with Crippen molar-refractivity contribution in [3.63, 3.8) is 0 Å². The van der Waals surface area contributed by atoms with Gasteiger partial charge in [0, 0.05) is 29.2 Å². The summed E-state index contributed by atoms with van der Waals surface area (Å²) < 4.78 is 0. The maximum Gasteiger partial charge on any atom is 0.304 e. The minimum Gasteiger partial charge on any atom is -0.508 e. The molecule has 5 heteroatoms. The lowest BCUT2D eigenvalue weighted by Crippen LogP contribution is -2.19. The summed E-state index contributed by atoms with van der Waals surface area (Å²) in [7, 11) is 0. The van der Waals surface area contributed by atoms with E-state index >= 15 is 0 Å². The number of aryl methyl sites for hydroxylation is 1. The second kappa shape index (κ2) is 5.37. The average Bonchev–Trinajstić information content (AvgIpc) is 2.75. The molecule has 1 heterocycles. The third-order valence-corrected chi connectivity index (χ3v) is 3.54. The van der Waals surface area contributed by atoms with Crippen LogP contribution >= 0.6 is 11.3 Å². The molecule has 1 aromatic carbocycles. The van der Waals surface area contributed by atoms with Gasteiger partial charge in [-0.3, -0.25) is 4.79 Å². The predicted molar refractivity (Wildman–Crippen MR) is 73.0 cm³/mol. The molecule has 0 saturated carbocycles. The Balaban J connectivity index is 2.05. The van der Waals surface area contributed by atoms with Crippen molar-refractivity contribution < 1.29 is 5.11 Å². The zero-order valence-electron chi connectivity index (χ0n) is 10.4. The molecule has 0 aliphatic rings. The number of benzene rings is 1. The first-order chi connectivity index (χ1) is 8.56. The summed E-state index contributed by atoms with van der Waals surface area (Å²) in [5, 5.41) is 14.9. The number of phenols is 1. The van der Waals surface area contributed by atoms with E-state index in [9.17, 15) is 9.90 Å². The molecule has 0 spiro atoms. The number of aromatic hydroxyl groups is 1. The molecule has 1 atom stereocenters. The van der Waals surface area contributed by atoms with Crippen molar-refractivity contribution in [2.45, 2.75) is 26.4 Å². The molecule has 0 bridgehead atoms. The molecule has 4 nitrogen and oxygen atoms in total. The van der Waals surface area contributed by atoms with E-state index in [2.05, 4.69) is 10.3 Å². The SMILES string of the molecule is Cc1ccc(O)c(C(C)NCc2csc(=O)[nH]2)c1. The first kappa shape index (κ1) is 12.9. The Kier molecular flexibility index (Phi) is 3.84. The van der Waals surface area contributed by atoms with Gasteiger partial charge in [0.1, 0.15) is 5.75 Å². The Bertz CT molecular complexity index is 589. The van der Waals surface area contributed by atoms with Gasteiger partial charge in [-0.15, -0.1) is 0 Å². The molecule has 0 aliphatic carbocycles. The minimum atomic E-state index is -0.0437. The van der Waals surface area contributed by atoms with E-state index in [0.717, 1.165) is 28.2 Å². The van der Waals surface area contributed by atoms with E-state index in [0.29, 0.717) is 12.3 Å². The summed E-state index contributed by atoms with van der Waals surface area (Å²) in [6.07, 6.45) is 0. The van der Waals surface area contributed by atoms with Crippen molar-refractivity contribution in [3.05, 3.63) is 50.1 Å². The van der Waals surface area contributed by atoms with E-state index in [1.807, 2.05) is 26.0 Å². The molecule has 0 amide bonds. The Labute approximate surface area is 109 Å². The molecule has 2 rings (SSSR count). The number of hydrogen-bond acceptors (Lipinski definition) is 4. The van der Waals surface area contributed by atoms with Gasteiger partial charge in [-0.2, -0.15) is 0 Å². The topological polar surface area (TPSA) is 65.1 Å². The van der Waals surface area contributed by atoms with Gasteiger partial charge in [-0.1, -0.05) is 29.0 Å². The van der Waals surface area contributed by atoms with Crippen LogP contribution in [-0.4, -0.2) is 10.1 Å². The van der Waals surface area contributed by atoms with Gasteiger partial charge in [0.05, 0.1) is 0 Å². The number of phenolic OH excluding ortho intramolecular Hbond substituents is 1. The van der Waals surface area contributed by atoms with Crippen molar-refractivity contribution in [1.29, 1.82) is 0 Å². The standard InChI is InChI=1S/C13H16N2O2S/c1-8-3-4-12(16)11(5-8)9(2)14-6-10-7-18-13(17)15-10/h3-5,7,9,14,16H,6H2,1-2H3,(H,15,17). The third kappa shape index (κ3) is 3.00. The van der Waals surface area contributed by atoms with Crippen LogP contribution in [0.3, 0.4) is 0 Å². The minimum absolute atomic E-state index is 0.0216. The summed E-state index contributed by atoms with van der Waals surface area (Å²) in [5.74, 6) is 0.291. The first-order valence-electron chi connectivity index (χ1n) is 5.76. The highest BCUT2D eigenvalue weighted by Crippen LogP contribution is 2.25. The zero-order valence-corrected chi connectivity index (χ0v) is 11.2. The Morgan fingerprint density at radius 2 is 2.28 bits per heavy atom.